The molecule has 1 N–H and O–H groups in total. The summed E-state index contributed by atoms with van der Waals surface area (Å²) in [5.74, 6) is -0.0998. The van der Waals surface area contributed by atoms with E-state index in [0.717, 1.165) is 19.5 Å². The van der Waals surface area contributed by atoms with E-state index in [4.69, 9.17) is 0 Å². The Kier molecular flexibility index (Phi) is 5.63. The minimum atomic E-state index is -0.0998. The first kappa shape index (κ1) is 13.6. The third-order valence-corrected chi connectivity index (χ3v) is 2.76. The van der Waals surface area contributed by atoms with Crippen LogP contribution in [-0.4, -0.2) is 42.0 Å². The van der Waals surface area contributed by atoms with E-state index in [2.05, 4.69) is 29.2 Å². The second-order valence-electron chi connectivity index (χ2n) is 4.27. The number of hydrogen-bond acceptors (Lipinski definition) is 3. The van der Waals surface area contributed by atoms with Crippen molar-refractivity contribution in [1.82, 2.24) is 15.2 Å². The summed E-state index contributed by atoms with van der Waals surface area (Å²) in [7, 11) is 2.08. The second kappa shape index (κ2) is 7.01. The number of carbonyl (C=O) groups excluding carboxylic acids is 1. The van der Waals surface area contributed by atoms with Crippen LogP contribution in [-0.2, 0) is 0 Å². The van der Waals surface area contributed by atoms with Crippen LogP contribution in [0.2, 0.25) is 0 Å². The second-order valence-corrected chi connectivity index (χ2v) is 4.27. The van der Waals surface area contributed by atoms with Gasteiger partial charge in [0.15, 0.2) is 0 Å². The summed E-state index contributed by atoms with van der Waals surface area (Å²) in [4.78, 5) is 18.0. The van der Waals surface area contributed by atoms with Crippen LogP contribution in [0.25, 0.3) is 0 Å². The maximum atomic E-state index is 11.8. The predicted octanol–water partition coefficient (Wildman–Crippen LogP) is 1.54. The van der Waals surface area contributed by atoms with Crippen LogP contribution in [0, 0.1) is 0 Å². The average Bonchev–Trinajstić information content (AvgIpc) is 2.36. The molecule has 1 amide bonds. The minimum Gasteiger partial charge on any atom is -0.348 e. The zero-order valence-corrected chi connectivity index (χ0v) is 10.8. The highest BCUT2D eigenvalue weighted by atomic mass is 16.1. The van der Waals surface area contributed by atoms with Gasteiger partial charge < -0.3 is 10.2 Å². The molecule has 0 bridgehead atoms. The van der Waals surface area contributed by atoms with Crippen LogP contribution in [0.5, 0.6) is 0 Å². The average molecular weight is 235 g/mol. The summed E-state index contributed by atoms with van der Waals surface area (Å²) >= 11 is 0. The van der Waals surface area contributed by atoms with Crippen molar-refractivity contribution in [2.75, 3.05) is 20.1 Å². The molecule has 0 radical (unpaired) electrons. The van der Waals surface area contributed by atoms with Gasteiger partial charge in [-0.05, 0) is 45.6 Å². The molecular formula is C13H21N3O. The fourth-order valence-electron chi connectivity index (χ4n) is 1.44. The van der Waals surface area contributed by atoms with E-state index in [-0.39, 0.29) is 11.9 Å². The van der Waals surface area contributed by atoms with Gasteiger partial charge in [-0.1, -0.05) is 13.0 Å². The van der Waals surface area contributed by atoms with Gasteiger partial charge in [-0.2, -0.15) is 0 Å². The topological polar surface area (TPSA) is 45.2 Å². The van der Waals surface area contributed by atoms with Gasteiger partial charge in [0.1, 0.15) is 5.69 Å². The van der Waals surface area contributed by atoms with Crippen LogP contribution in [0.1, 0.15) is 30.8 Å². The number of nitrogens with one attached hydrogen (secondary N) is 1. The summed E-state index contributed by atoms with van der Waals surface area (Å²) in [6.45, 7) is 6.16. The lowest BCUT2D eigenvalue weighted by Gasteiger charge is -2.18. The number of nitrogens with zero attached hydrogens (tertiary/aromatic N) is 2. The molecule has 4 nitrogen and oxygen atoms in total. The van der Waals surface area contributed by atoms with E-state index in [9.17, 15) is 4.79 Å². The Labute approximate surface area is 103 Å². The number of pyridine rings is 1. The first-order valence-corrected chi connectivity index (χ1v) is 6.04. The molecule has 0 aliphatic carbocycles. The summed E-state index contributed by atoms with van der Waals surface area (Å²) in [6, 6.07) is 5.51. The molecule has 0 fully saturated rings. The van der Waals surface area contributed by atoms with E-state index in [0.29, 0.717) is 5.69 Å². The van der Waals surface area contributed by atoms with Crippen molar-refractivity contribution in [1.29, 1.82) is 0 Å². The molecule has 0 aliphatic heterocycles. The van der Waals surface area contributed by atoms with E-state index in [1.165, 1.54) is 0 Å². The summed E-state index contributed by atoms with van der Waals surface area (Å²) in [5, 5.41) is 2.95. The van der Waals surface area contributed by atoms with Crippen LogP contribution < -0.4 is 5.32 Å². The Hall–Kier alpha value is -1.42. The van der Waals surface area contributed by atoms with E-state index in [1.54, 1.807) is 18.3 Å². The molecule has 0 saturated heterocycles. The Morgan fingerprint density at radius 1 is 1.53 bits per heavy atom. The highest BCUT2D eigenvalue weighted by Gasteiger charge is 2.10. The van der Waals surface area contributed by atoms with Gasteiger partial charge in [0.05, 0.1) is 0 Å². The quantitative estimate of drug-likeness (QED) is 0.813. The summed E-state index contributed by atoms with van der Waals surface area (Å²) in [6.07, 6.45) is 2.58. The number of amides is 1. The highest BCUT2D eigenvalue weighted by Crippen LogP contribution is 1.98. The normalized spacial score (nSPS) is 12.5. The number of aromatic nitrogens is 1. The number of carbonyl (C=O) groups is 1. The van der Waals surface area contributed by atoms with Gasteiger partial charge in [-0.25, -0.2) is 0 Å². The van der Waals surface area contributed by atoms with Crippen LogP contribution in [0.3, 0.4) is 0 Å². The van der Waals surface area contributed by atoms with Crippen molar-refractivity contribution < 1.29 is 4.79 Å². The lowest BCUT2D eigenvalue weighted by atomic mass is 10.2. The molecule has 1 atom stereocenters. The molecular weight excluding hydrogens is 214 g/mol. The maximum absolute atomic E-state index is 11.8. The van der Waals surface area contributed by atoms with Gasteiger partial charge in [0.25, 0.3) is 5.91 Å². The molecule has 1 rings (SSSR count). The summed E-state index contributed by atoms with van der Waals surface area (Å²) < 4.78 is 0. The van der Waals surface area contributed by atoms with Crippen LogP contribution >= 0.6 is 0 Å². The molecule has 0 aliphatic rings. The Morgan fingerprint density at radius 3 is 2.88 bits per heavy atom. The SMILES string of the molecule is CCN(C)CCC(C)NC(=O)c1ccccn1. The molecule has 1 unspecified atom stereocenters. The molecule has 1 heterocycles. The minimum absolute atomic E-state index is 0.0998. The third-order valence-electron chi connectivity index (χ3n) is 2.76. The molecule has 1 aromatic rings. The molecule has 4 heteroatoms. The first-order valence-electron chi connectivity index (χ1n) is 6.04. The number of rotatable bonds is 6. The van der Waals surface area contributed by atoms with E-state index in [1.807, 2.05) is 13.0 Å². The maximum Gasteiger partial charge on any atom is 0.270 e. The van der Waals surface area contributed by atoms with E-state index < -0.39 is 0 Å². The summed E-state index contributed by atoms with van der Waals surface area (Å²) in [5.41, 5.74) is 0.475. The Morgan fingerprint density at radius 2 is 2.29 bits per heavy atom. The fraction of sp³-hybridized carbons (Fsp3) is 0.538. The molecule has 0 spiro atoms. The Balaban J connectivity index is 2.36. The van der Waals surface area contributed by atoms with Gasteiger partial charge in [-0.15, -0.1) is 0 Å². The molecule has 0 saturated carbocycles. The molecule has 0 aromatic carbocycles. The predicted molar refractivity (Wildman–Crippen MR) is 69.0 cm³/mol. The lowest BCUT2D eigenvalue weighted by molar-refractivity contribution is 0.0931. The van der Waals surface area contributed by atoms with Gasteiger partial charge in [-0.3, -0.25) is 9.78 Å². The van der Waals surface area contributed by atoms with Crippen molar-refractivity contribution in [2.45, 2.75) is 26.3 Å². The largest absolute Gasteiger partial charge is 0.348 e. The van der Waals surface area contributed by atoms with Crippen LogP contribution in [0.15, 0.2) is 24.4 Å². The van der Waals surface area contributed by atoms with Crippen molar-refractivity contribution in [3.05, 3.63) is 30.1 Å². The van der Waals surface area contributed by atoms with E-state index >= 15 is 0 Å². The van der Waals surface area contributed by atoms with Gasteiger partial charge in [0.2, 0.25) is 0 Å². The van der Waals surface area contributed by atoms with Crippen molar-refractivity contribution >= 4 is 5.91 Å². The smallest absolute Gasteiger partial charge is 0.270 e. The van der Waals surface area contributed by atoms with Crippen molar-refractivity contribution in [2.24, 2.45) is 0 Å². The zero-order valence-electron chi connectivity index (χ0n) is 10.8. The molecule has 94 valence electrons. The number of hydrogen-bond donors (Lipinski definition) is 1. The lowest BCUT2D eigenvalue weighted by Crippen LogP contribution is -2.35. The molecule has 1 aromatic heterocycles. The van der Waals surface area contributed by atoms with Gasteiger partial charge in [0, 0.05) is 12.2 Å². The van der Waals surface area contributed by atoms with Gasteiger partial charge >= 0.3 is 0 Å². The zero-order chi connectivity index (χ0) is 12.7. The third kappa shape index (κ3) is 4.95. The first-order chi connectivity index (χ1) is 8.13. The van der Waals surface area contributed by atoms with Crippen molar-refractivity contribution in [3.8, 4) is 0 Å². The monoisotopic (exact) mass is 235 g/mol. The molecule has 17 heavy (non-hydrogen) atoms. The fourth-order valence-corrected chi connectivity index (χ4v) is 1.44. The standard InChI is InChI=1S/C13H21N3O/c1-4-16(3)10-8-11(2)15-13(17)12-7-5-6-9-14-12/h5-7,9,11H,4,8,10H2,1-3H3,(H,15,17). The highest BCUT2D eigenvalue weighted by molar-refractivity contribution is 5.92. The van der Waals surface area contributed by atoms with Crippen molar-refractivity contribution in [3.63, 3.8) is 0 Å². The van der Waals surface area contributed by atoms with Crippen LogP contribution in [0.4, 0.5) is 0 Å². The Bertz CT molecular complexity index is 340.